The van der Waals surface area contributed by atoms with Gasteiger partial charge in [-0.05, 0) is 48.0 Å². The molecular weight excluding hydrogens is 620 g/mol. The fraction of sp³-hybridized carbons (Fsp3) is 0.235. The lowest BCUT2D eigenvalue weighted by Gasteiger charge is -2.14. The summed E-state index contributed by atoms with van der Waals surface area (Å²) in [6, 6.07) is 20.6. The molecule has 47 heavy (non-hydrogen) atoms. The maximum Gasteiger partial charge on any atom is 0.422 e. The highest BCUT2D eigenvalue weighted by atomic mass is 19.4. The van der Waals surface area contributed by atoms with Gasteiger partial charge in [0.25, 0.3) is 0 Å². The van der Waals surface area contributed by atoms with Crippen LogP contribution in [0.5, 0.6) is 11.6 Å². The van der Waals surface area contributed by atoms with Crippen LogP contribution in [0.2, 0.25) is 0 Å². The average molecular weight is 649 g/mol. The molecule has 5 aromatic rings. The minimum atomic E-state index is -4.56. The Bertz CT molecular complexity index is 1950. The van der Waals surface area contributed by atoms with Crippen LogP contribution in [-0.2, 0) is 29.0 Å². The molecule has 0 amide bonds. The molecule has 2 aromatic heterocycles. The number of pyridine rings is 1. The Kier molecular flexibility index (Phi) is 10.0. The van der Waals surface area contributed by atoms with Crippen LogP contribution in [0.25, 0.3) is 22.3 Å². The monoisotopic (exact) mass is 648 g/mol. The summed E-state index contributed by atoms with van der Waals surface area (Å²) in [5.41, 5.74) is 3.39. The first-order valence-electron chi connectivity index (χ1n) is 14.3. The molecule has 0 radical (unpaired) electrons. The van der Waals surface area contributed by atoms with Gasteiger partial charge in [-0.2, -0.15) is 18.4 Å². The Morgan fingerprint density at radius 2 is 1.77 bits per heavy atom. The largest absolute Gasteiger partial charge is 0.484 e. The van der Waals surface area contributed by atoms with E-state index in [0.29, 0.717) is 52.4 Å². The van der Waals surface area contributed by atoms with Crippen molar-refractivity contribution in [3.8, 4) is 29.0 Å². The predicted octanol–water partition coefficient (Wildman–Crippen LogP) is 6.65. The third kappa shape index (κ3) is 8.03. The first-order valence-corrected chi connectivity index (χ1v) is 14.3. The lowest BCUT2D eigenvalue weighted by molar-refractivity contribution is -0.153. The van der Waals surface area contributed by atoms with Gasteiger partial charge in [0.1, 0.15) is 24.0 Å². The summed E-state index contributed by atoms with van der Waals surface area (Å²) in [5.74, 6) is -0.362. The molecule has 0 unspecified atom stereocenters. The van der Waals surface area contributed by atoms with Crippen LogP contribution in [-0.4, -0.2) is 54.1 Å². The Morgan fingerprint density at radius 3 is 2.49 bits per heavy atom. The maximum absolute atomic E-state index is 15.5. The number of esters is 1. The number of carbonyl (C=O) groups is 1. The standard InChI is InChI=1S/C34H28F4N4O5/c1-44-13-12-42-29-16-24(33(43)45-2)10-11-28(29)40-31(42)17-22-8-9-23(15-26(22)35)27-4-3-5-32(41-27)46-19-25-7-6-21(18-39)14-30(25)47-20-34(36,37)38/h3-11,14-16H,12-13,17,19-20H2,1-2H3. The Balaban J connectivity index is 1.34. The predicted molar refractivity (Wildman–Crippen MR) is 162 cm³/mol. The van der Waals surface area contributed by atoms with Crippen LogP contribution in [0.15, 0.2) is 72.8 Å². The molecule has 0 aliphatic carbocycles. The van der Waals surface area contributed by atoms with Crippen molar-refractivity contribution < 1.29 is 41.3 Å². The molecule has 0 saturated carbocycles. The van der Waals surface area contributed by atoms with Crippen molar-refractivity contribution in [1.82, 2.24) is 14.5 Å². The van der Waals surface area contributed by atoms with Gasteiger partial charge in [-0.3, -0.25) is 0 Å². The minimum Gasteiger partial charge on any atom is -0.484 e. The highest BCUT2D eigenvalue weighted by Gasteiger charge is 2.29. The Morgan fingerprint density at radius 1 is 0.957 bits per heavy atom. The molecule has 0 spiro atoms. The van der Waals surface area contributed by atoms with Gasteiger partial charge in [0.15, 0.2) is 6.61 Å². The van der Waals surface area contributed by atoms with Crippen LogP contribution in [0.4, 0.5) is 17.6 Å². The molecular formula is C34H28F4N4O5. The van der Waals surface area contributed by atoms with Crippen molar-refractivity contribution in [3.05, 3.63) is 107 Å². The number of imidazole rings is 1. The normalized spacial score (nSPS) is 11.3. The van der Waals surface area contributed by atoms with Gasteiger partial charge in [0.05, 0.1) is 47.6 Å². The van der Waals surface area contributed by atoms with Gasteiger partial charge >= 0.3 is 12.1 Å². The van der Waals surface area contributed by atoms with Crippen LogP contribution < -0.4 is 9.47 Å². The molecule has 13 heteroatoms. The van der Waals surface area contributed by atoms with E-state index < -0.39 is 24.6 Å². The van der Waals surface area contributed by atoms with Crippen molar-refractivity contribution in [2.24, 2.45) is 0 Å². The van der Waals surface area contributed by atoms with E-state index in [-0.39, 0.29) is 35.8 Å². The second-order valence-corrected chi connectivity index (χ2v) is 10.3. The SMILES string of the molecule is COCCn1c(Cc2ccc(-c3cccc(OCc4ccc(C#N)cc4OCC(F)(F)F)n3)cc2F)nc2ccc(C(=O)OC)cc21. The fourth-order valence-corrected chi connectivity index (χ4v) is 4.85. The summed E-state index contributed by atoms with van der Waals surface area (Å²) in [6.45, 7) is -0.902. The summed E-state index contributed by atoms with van der Waals surface area (Å²) in [5, 5.41) is 9.13. The van der Waals surface area contributed by atoms with Crippen molar-refractivity contribution in [3.63, 3.8) is 0 Å². The van der Waals surface area contributed by atoms with Gasteiger partial charge in [0.2, 0.25) is 5.88 Å². The maximum atomic E-state index is 15.5. The van der Waals surface area contributed by atoms with Gasteiger partial charge in [-0.15, -0.1) is 0 Å². The minimum absolute atomic E-state index is 0.130. The Hall–Kier alpha value is -5.48. The molecule has 0 bridgehead atoms. The molecule has 0 fully saturated rings. The number of hydrogen-bond acceptors (Lipinski definition) is 8. The average Bonchev–Trinajstić information content (AvgIpc) is 3.41. The van der Waals surface area contributed by atoms with Crippen LogP contribution in [0.3, 0.4) is 0 Å². The van der Waals surface area contributed by atoms with Gasteiger partial charge in [-0.1, -0.05) is 24.3 Å². The molecule has 0 aliphatic rings. The molecule has 0 atom stereocenters. The summed E-state index contributed by atoms with van der Waals surface area (Å²) in [6.07, 6.45) is -4.39. The van der Waals surface area contributed by atoms with Crippen molar-refractivity contribution in [2.75, 3.05) is 27.4 Å². The van der Waals surface area contributed by atoms with E-state index >= 15 is 4.39 Å². The molecule has 0 saturated heterocycles. The topological polar surface area (TPSA) is 108 Å². The van der Waals surface area contributed by atoms with Crippen LogP contribution >= 0.6 is 0 Å². The van der Waals surface area contributed by atoms with Crippen molar-refractivity contribution in [1.29, 1.82) is 5.26 Å². The fourth-order valence-electron chi connectivity index (χ4n) is 4.85. The number of alkyl halides is 3. The molecule has 9 nitrogen and oxygen atoms in total. The number of halogens is 4. The van der Waals surface area contributed by atoms with E-state index in [1.165, 1.54) is 31.4 Å². The number of methoxy groups -OCH3 is 2. The van der Waals surface area contributed by atoms with Crippen LogP contribution in [0.1, 0.15) is 32.9 Å². The molecule has 0 N–H and O–H groups in total. The van der Waals surface area contributed by atoms with E-state index in [4.69, 9.17) is 24.2 Å². The van der Waals surface area contributed by atoms with E-state index in [0.717, 1.165) is 0 Å². The Labute approximate surface area is 266 Å². The van der Waals surface area contributed by atoms with E-state index in [9.17, 15) is 18.0 Å². The second-order valence-electron chi connectivity index (χ2n) is 10.3. The first kappa shape index (κ1) is 32.9. The molecule has 242 valence electrons. The number of rotatable bonds is 12. The highest BCUT2D eigenvalue weighted by molar-refractivity contribution is 5.93. The number of hydrogen-bond donors (Lipinski definition) is 0. The second kappa shape index (κ2) is 14.3. The summed E-state index contributed by atoms with van der Waals surface area (Å²) >= 11 is 0. The van der Waals surface area contributed by atoms with Crippen molar-refractivity contribution in [2.45, 2.75) is 25.7 Å². The third-order valence-electron chi connectivity index (χ3n) is 7.15. The van der Waals surface area contributed by atoms with Crippen molar-refractivity contribution >= 4 is 17.0 Å². The van der Waals surface area contributed by atoms with E-state index in [1.54, 1.807) is 55.6 Å². The summed E-state index contributed by atoms with van der Waals surface area (Å²) in [7, 11) is 2.88. The number of nitrogens with zero attached hydrogens (tertiary/aromatic N) is 4. The summed E-state index contributed by atoms with van der Waals surface area (Å²) < 4.78 is 76.4. The number of ether oxygens (including phenoxy) is 4. The third-order valence-corrected chi connectivity index (χ3v) is 7.15. The number of aromatic nitrogens is 3. The number of benzene rings is 3. The first-order chi connectivity index (χ1) is 22.6. The lowest BCUT2D eigenvalue weighted by atomic mass is 10.1. The van der Waals surface area contributed by atoms with Crippen LogP contribution in [0, 0.1) is 17.1 Å². The number of fused-ring (bicyclic) bond motifs is 1. The zero-order valence-electron chi connectivity index (χ0n) is 25.3. The van der Waals surface area contributed by atoms with E-state index in [2.05, 4.69) is 9.97 Å². The van der Waals surface area contributed by atoms with Gasteiger partial charge in [0, 0.05) is 37.3 Å². The molecule has 2 heterocycles. The van der Waals surface area contributed by atoms with Gasteiger partial charge in [-0.25, -0.2) is 19.2 Å². The quantitative estimate of drug-likeness (QED) is 0.109. The molecule has 0 aliphatic heterocycles. The highest BCUT2D eigenvalue weighted by Crippen LogP contribution is 2.28. The van der Waals surface area contributed by atoms with E-state index in [1.807, 2.05) is 10.6 Å². The molecule has 3 aromatic carbocycles. The zero-order valence-corrected chi connectivity index (χ0v) is 25.3. The van der Waals surface area contributed by atoms with Gasteiger partial charge < -0.3 is 23.5 Å². The summed E-state index contributed by atoms with van der Waals surface area (Å²) in [4.78, 5) is 21.2. The number of carbonyl (C=O) groups excluding carboxylic acids is 1. The zero-order chi connectivity index (χ0) is 33.6. The number of nitriles is 1. The molecule has 5 rings (SSSR count). The smallest absolute Gasteiger partial charge is 0.422 e. The lowest BCUT2D eigenvalue weighted by Crippen LogP contribution is -2.20.